The number of amides is 4. The summed E-state index contributed by atoms with van der Waals surface area (Å²) in [5.41, 5.74) is 1.25. The zero-order chi connectivity index (χ0) is 24.7. The van der Waals surface area contributed by atoms with Crippen molar-refractivity contribution < 1.29 is 23.9 Å². The van der Waals surface area contributed by atoms with Crippen molar-refractivity contribution in [3.63, 3.8) is 0 Å². The first-order valence-corrected chi connectivity index (χ1v) is 11.8. The van der Waals surface area contributed by atoms with Gasteiger partial charge in [-0.15, -0.1) is 0 Å². The Labute approximate surface area is 203 Å². The molecule has 4 amide bonds. The minimum absolute atomic E-state index is 0.104. The summed E-state index contributed by atoms with van der Waals surface area (Å²) in [7, 11) is 3.34. The number of aromatic nitrogens is 1. The molecule has 3 saturated heterocycles. The molecule has 4 atom stereocenters. The number of hydrogen-bond acceptors (Lipinski definition) is 5. The molecule has 10 nitrogen and oxygen atoms in total. The highest BCUT2D eigenvalue weighted by atomic mass is 16.5. The van der Waals surface area contributed by atoms with Gasteiger partial charge in [-0.05, 0) is 31.0 Å². The molecule has 0 unspecified atom stereocenters. The second-order valence-electron chi connectivity index (χ2n) is 9.34. The molecular weight excluding hydrogens is 450 g/mol. The molecule has 3 fully saturated rings. The summed E-state index contributed by atoms with van der Waals surface area (Å²) in [4.78, 5) is 55.7. The molecule has 35 heavy (non-hydrogen) atoms. The van der Waals surface area contributed by atoms with Crippen LogP contribution in [0.15, 0.2) is 42.6 Å². The Kier molecular flexibility index (Phi) is 5.96. The first-order valence-electron chi connectivity index (χ1n) is 11.8. The lowest BCUT2D eigenvalue weighted by atomic mass is 10.1. The number of benzene rings is 1. The van der Waals surface area contributed by atoms with Crippen LogP contribution in [0.25, 0.3) is 0 Å². The normalized spacial score (nSPS) is 25.5. The topological polar surface area (TPSA) is 113 Å². The van der Waals surface area contributed by atoms with Crippen LogP contribution in [-0.4, -0.2) is 82.4 Å². The molecule has 0 radical (unpaired) electrons. The van der Waals surface area contributed by atoms with Gasteiger partial charge < -0.3 is 29.7 Å². The second-order valence-corrected chi connectivity index (χ2v) is 9.34. The van der Waals surface area contributed by atoms with Gasteiger partial charge in [0.05, 0.1) is 19.6 Å². The Morgan fingerprint density at radius 2 is 1.97 bits per heavy atom. The van der Waals surface area contributed by atoms with Gasteiger partial charge in [-0.2, -0.15) is 0 Å². The zero-order valence-corrected chi connectivity index (χ0v) is 19.8. The summed E-state index contributed by atoms with van der Waals surface area (Å²) >= 11 is 0. The van der Waals surface area contributed by atoms with Crippen molar-refractivity contribution in [1.29, 1.82) is 0 Å². The molecule has 0 aliphatic carbocycles. The number of ether oxygens (including phenoxy) is 1. The maximum atomic E-state index is 13.7. The number of likely N-dealkylation sites (tertiary alicyclic amines) is 1. The van der Waals surface area contributed by atoms with E-state index < -0.39 is 18.1 Å². The molecular formula is C25H29N5O5. The van der Waals surface area contributed by atoms with Crippen LogP contribution in [0.2, 0.25) is 0 Å². The molecule has 1 aromatic heterocycles. The van der Waals surface area contributed by atoms with Crippen molar-refractivity contribution >= 4 is 23.6 Å². The average molecular weight is 480 g/mol. The summed E-state index contributed by atoms with van der Waals surface area (Å²) in [6.07, 6.45) is 2.74. The van der Waals surface area contributed by atoms with Crippen LogP contribution in [0.5, 0.6) is 5.75 Å². The molecule has 1 aromatic carbocycles. The number of aryl methyl sites for hydroxylation is 1. The van der Waals surface area contributed by atoms with Gasteiger partial charge in [0.1, 0.15) is 23.5 Å². The largest absolute Gasteiger partial charge is 0.496 e. The third-order valence-corrected chi connectivity index (χ3v) is 7.23. The first kappa shape index (κ1) is 22.9. The first-order chi connectivity index (χ1) is 16.9. The Morgan fingerprint density at radius 3 is 2.71 bits per heavy atom. The molecule has 0 saturated carbocycles. The Bertz CT molecular complexity index is 1180. The minimum atomic E-state index is -0.756. The summed E-state index contributed by atoms with van der Waals surface area (Å²) in [6.45, 7) is 0.617. The Hall–Kier alpha value is -3.82. The van der Waals surface area contributed by atoms with Gasteiger partial charge in [0.25, 0.3) is 5.91 Å². The van der Waals surface area contributed by atoms with E-state index in [-0.39, 0.29) is 42.6 Å². The molecule has 3 aliphatic heterocycles. The smallest absolute Gasteiger partial charge is 0.268 e. The molecule has 2 N–H and O–H groups in total. The molecule has 5 rings (SSSR count). The van der Waals surface area contributed by atoms with Gasteiger partial charge in [0, 0.05) is 37.9 Å². The third-order valence-electron chi connectivity index (χ3n) is 7.23. The van der Waals surface area contributed by atoms with Crippen LogP contribution >= 0.6 is 0 Å². The van der Waals surface area contributed by atoms with Gasteiger partial charge in [-0.1, -0.05) is 18.2 Å². The monoisotopic (exact) mass is 479 g/mol. The molecule has 2 aromatic rings. The van der Waals surface area contributed by atoms with Crippen LogP contribution in [0.4, 0.5) is 0 Å². The maximum absolute atomic E-state index is 13.7. The molecule has 10 heteroatoms. The number of hydrogen-bond donors (Lipinski definition) is 2. The average Bonchev–Trinajstić information content (AvgIpc) is 3.56. The van der Waals surface area contributed by atoms with E-state index in [4.69, 9.17) is 4.74 Å². The summed E-state index contributed by atoms with van der Waals surface area (Å²) < 4.78 is 7.08. The van der Waals surface area contributed by atoms with Gasteiger partial charge >= 0.3 is 0 Å². The van der Waals surface area contributed by atoms with E-state index in [1.54, 1.807) is 48.0 Å². The molecule has 4 heterocycles. The maximum Gasteiger partial charge on any atom is 0.268 e. The summed E-state index contributed by atoms with van der Waals surface area (Å²) in [5, 5.41) is 5.94. The number of nitrogens with zero attached hydrogens (tertiary/aromatic N) is 3. The fraction of sp³-hybridized carbons (Fsp3) is 0.440. The number of fused-ring (bicyclic) bond motifs is 2. The number of methoxy groups -OCH3 is 1. The predicted molar refractivity (Wildman–Crippen MR) is 126 cm³/mol. The van der Waals surface area contributed by atoms with Crippen LogP contribution in [0, 0.1) is 0 Å². The van der Waals surface area contributed by atoms with Gasteiger partial charge in [-0.25, -0.2) is 0 Å². The zero-order valence-electron chi connectivity index (χ0n) is 19.8. The lowest BCUT2D eigenvalue weighted by Gasteiger charge is -2.29. The summed E-state index contributed by atoms with van der Waals surface area (Å²) in [5.74, 6) is -0.301. The lowest BCUT2D eigenvalue weighted by Crippen LogP contribution is -2.53. The van der Waals surface area contributed by atoms with E-state index in [0.717, 1.165) is 5.56 Å². The highest BCUT2D eigenvalue weighted by Gasteiger charge is 2.52. The standard InChI is InChI=1S/C25H29N5O5/c1-28-10-5-7-18(28)23(32)26-16-13-19-24(33)27-17-9-11-29(22(17)25(34)30(19)14-16)21(31)12-15-6-3-4-8-20(15)35-2/h3-8,10,16-17,19,22H,9,11-14H2,1-2H3,(H,26,32)(H,27,33)/t16-,17-,19+,22-/m0/s1. The van der Waals surface area contributed by atoms with E-state index in [1.165, 1.54) is 4.90 Å². The van der Waals surface area contributed by atoms with E-state index >= 15 is 0 Å². The fourth-order valence-corrected chi connectivity index (χ4v) is 5.48. The molecule has 3 aliphatic rings. The summed E-state index contributed by atoms with van der Waals surface area (Å²) in [6, 6.07) is 8.61. The van der Waals surface area contributed by atoms with Crippen molar-refractivity contribution in [2.45, 2.75) is 43.4 Å². The highest BCUT2D eigenvalue weighted by Crippen LogP contribution is 2.30. The van der Waals surface area contributed by atoms with Gasteiger partial charge in [-0.3, -0.25) is 19.2 Å². The number of carbonyl (C=O) groups is 4. The number of carbonyl (C=O) groups excluding carboxylic acids is 4. The van der Waals surface area contributed by atoms with E-state index in [1.807, 2.05) is 18.2 Å². The van der Waals surface area contributed by atoms with E-state index in [2.05, 4.69) is 10.6 Å². The van der Waals surface area contributed by atoms with E-state index in [0.29, 0.717) is 30.8 Å². The van der Waals surface area contributed by atoms with Crippen LogP contribution < -0.4 is 15.4 Å². The van der Waals surface area contributed by atoms with Crippen LogP contribution in [0.1, 0.15) is 28.9 Å². The second kappa shape index (κ2) is 9.09. The van der Waals surface area contributed by atoms with Crippen molar-refractivity contribution in [3.05, 3.63) is 53.9 Å². The van der Waals surface area contributed by atoms with Crippen molar-refractivity contribution in [1.82, 2.24) is 25.0 Å². The molecule has 184 valence electrons. The van der Waals surface area contributed by atoms with Crippen molar-refractivity contribution in [3.8, 4) is 5.75 Å². The quantitative estimate of drug-likeness (QED) is 0.631. The van der Waals surface area contributed by atoms with Gasteiger partial charge in [0.2, 0.25) is 17.7 Å². The van der Waals surface area contributed by atoms with Crippen LogP contribution in [0.3, 0.4) is 0 Å². The highest BCUT2D eigenvalue weighted by molar-refractivity contribution is 5.97. The van der Waals surface area contributed by atoms with E-state index in [9.17, 15) is 19.2 Å². The van der Waals surface area contributed by atoms with Crippen LogP contribution in [-0.2, 0) is 27.9 Å². The molecule has 0 bridgehead atoms. The number of nitrogens with one attached hydrogen (secondary N) is 2. The lowest BCUT2D eigenvalue weighted by molar-refractivity contribution is -0.144. The Balaban J connectivity index is 1.32. The fourth-order valence-electron chi connectivity index (χ4n) is 5.48. The van der Waals surface area contributed by atoms with Gasteiger partial charge in [0.15, 0.2) is 0 Å². The minimum Gasteiger partial charge on any atom is -0.496 e. The molecule has 0 spiro atoms. The van der Waals surface area contributed by atoms with Crippen molar-refractivity contribution in [2.75, 3.05) is 20.2 Å². The number of rotatable bonds is 5. The Morgan fingerprint density at radius 1 is 1.17 bits per heavy atom. The SMILES string of the molecule is COc1ccccc1CC(=O)N1CC[C@@H]2NC(=O)[C@H]3C[C@H](NC(=O)c4cccn4C)CN3C(=O)[C@H]21. The third kappa shape index (κ3) is 4.13. The predicted octanol–water partition coefficient (Wildman–Crippen LogP) is 0.0750. The van der Waals surface area contributed by atoms with Crippen molar-refractivity contribution in [2.24, 2.45) is 7.05 Å². The number of para-hydroxylation sites is 1.